The summed E-state index contributed by atoms with van der Waals surface area (Å²) >= 11 is 3.52. The van der Waals surface area contributed by atoms with Crippen molar-refractivity contribution in [3.63, 3.8) is 0 Å². The molecule has 4 aromatic rings. The average Bonchev–Trinajstić information content (AvgIpc) is 2.91. The maximum atomic E-state index is 13.1. The van der Waals surface area contributed by atoms with E-state index in [2.05, 4.69) is 39.4 Å². The van der Waals surface area contributed by atoms with Crippen molar-refractivity contribution >= 4 is 56.3 Å². The normalized spacial score (nSPS) is 14.7. The summed E-state index contributed by atoms with van der Waals surface area (Å²) in [7, 11) is 1.52. The first kappa shape index (κ1) is 24.3. The first-order chi connectivity index (χ1) is 17.9. The Morgan fingerprint density at radius 2 is 1.68 bits per heavy atom. The van der Waals surface area contributed by atoms with Gasteiger partial charge in [0, 0.05) is 0 Å². The SMILES string of the molecule is COc1ccc(N2C(=O)NC(=O)/C(=C\c3ccc(OCc4cccc5ccccc45)c(Br)c3)C2=O)cc1. The minimum absolute atomic E-state index is 0.160. The van der Waals surface area contributed by atoms with Crippen LogP contribution in [-0.2, 0) is 16.2 Å². The lowest BCUT2D eigenvalue weighted by Crippen LogP contribution is -2.54. The van der Waals surface area contributed by atoms with Gasteiger partial charge in [-0.3, -0.25) is 14.9 Å². The van der Waals surface area contributed by atoms with Gasteiger partial charge < -0.3 is 9.47 Å². The number of carbonyl (C=O) groups is 3. The monoisotopic (exact) mass is 556 g/mol. The molecular formula is C29H21BrN2O5. The molecule has 0 unspecified atom stereocenters. The number of benzene rings is 4. The van der Waals surface area contributed by atoms with Gasteiger partial charge in [-0.25, -0.2) is 9.69 Å². The van der Waals surface area contributed by atoms with Crippen LogP contribution < -0.4 is 19.7 Å². The lowest BCUT2D eigenvalue weighted by molar-refractivity contribution is -0.122. The van der Waals surface area contributed by atoms with Gasteiger partial charge in [-0.1, -0.05) is 48.5 Å². The summed E-state index contributed by atoms with van der Waals surface area (Å²) in [5.74, 6) is -0.281. The van der Waals surface area contributed by atoms with E-state index in [0.717, 1.165) is 21.2 Å². The number of halogens is 1. The number of ether oxygens (including phenoxy) is 2. The molecule has 1 aliphatic rings. The minimum Gasteiger partial charge on any atom is -0.497 e. The molecule has 4 amide bonds. The van der Waals surface area contributed by atoms with E-state index in [0.29, 0.717) is 33.8 Å². The third kappa shape index (κ3) is 4.96. The van der Waals surface area contributed by atoms with Crippen molar-refractivity contribution in [3.05, 3.63) is 106 Å². The number of anilines is 1. The predicted octanol–water partition coefficient (Wildman–Crippen LogP) is 5.86. The van der Waals surface area contributed by atoms with E-state index in [1.165, 1.54) is 13.2 Å². The van der Waals surface area contributed by atoms with Gasteiger partial charge in [0.25, 0.3) is 11.8 Å². The quantitative estimate of drug-likeness (QED) is 0.237. The van der Waals surface area contributed by atoms with Crippen molar-refractivity contribution in [1.82, 2.24) is 5.32 Å². The second kappa shape index (κ2) is 10.3. The number of hydrogen-bond donors (Lipinski definition) is 1. The predicted molar refractivity (Wildman–Crippen MR) is 144 cm³/mol. The summed E-state index contributed by atoms with van der Waals surface area (Å²) in [6.45, 7) is 0.375. The van der Waals surface area contributed by atoms with Gasteiger partial charge in [0.1, 0.15) is 23.7 Å². The number of imide groups is 2. The topological polar surface area (TPSA) is 84.9 Å². The fraction of sp³-hybridized carbons (Fsp3) is 0.0690. The van der Waals surface area contributed by atoms with Crippen LogP contribution in [-0.4, -0.2) is 25.0 Å². The number of nitrogens with zero attached hydrogens (tertiary/aromatic N) is 1. The van der Waals surface area contributed by atoms with Crippen LogP contribution >= 0.6 is 15.9 Å². The molecule has 1 aliphatic heterocycles. The van der Waals surface area contributed by atoms with Crippen molar-refractivity contribution in [2.24, 2.45) is 0 Å². The lowest BCUT2D eigenvalue weighted by atomic mass is 10.1. The summed E-state index contributed by atoms with van der Waals surface area (Å²) < 4.78 is 11.8. The molecule has 0 bridgehead atoms. The van der Waals surface area contributed by atoms with Gasteiger partial charge in [-0.05, 0) is 80.3 Å². The van der Waals surface area contributed by atoms with Crippen LogP contribution in [0.3, 0.4) is 0 Å². The average molecular weight is 557 g/mol. The second-order valence-electron chi connectivity index (χ2n) is 8.27. The number of carbonyl (C=O) groups excluding carboxylic acids is 3. The van der Waals surface area contributed by atoms with Crippen molar-refractivity contribution in [2.45, 2.75) is 6.61 Å². The molecule has 0 aliphatic carbocycles. The van der Waals surface area contributed by atoms with E-state index in [9.17, 15) is 14.4 Å². The molecule has 5 rings (SSSR count). The smallest absolute Gasteiger partial charge is 0.335 e. The Kier molecular flexibility index (Phi) is 6.74. The highest BCUT2D eigenvalue weighted by atomic mass is 79.9. The van der Waals surface area contributed by atoms with E-state index in [-0.39, 0.29) is 5.57 Å². The van der Waals surface area contributed by atoms with Crippen LogP contribution in [0, 0.1) is 0 Å². The van der Waals surface area contributed by atoms with Crippen LogP contribution in [0.4, 0.5) is 10.5 Å². The zero-order chi connectivity index (χ0) is 25.9. The molecule has 37 heavy (non-hydrogen) atoms. The Morgan fingerprint density at radius 3 is 2.43 bits per heavy atom. The largest absolute Gasteiger partial charge is 0.497 e. The first-order valence-electron chi connectivity index (χ1n) is 11.4. The third-order valence-electron chi connectivity index (χ3n) is 5.96. The van der Waals surface area contributed by atoms with Crippen LogP contribution in [0.25, 0.3) is 16.8 Å². The maximum absolute atomic E-state index is 13.1. The zero-order valence-electron chi connectivity index (χ0n) is 19.7. The molecule has 4 aromatic carbocycles. The number of nitrogens with one attached hydrogen (secondary N) is 1. The summed E-state index contributed by atoms with van der Waals surface area (Å²) in [6.07, 6.45) is 1.44. The molecule has 1 fully saturated rings. The van der Waals surface area contributed by atoms with Gasteiger partial charge in [0.05, 0.1) is 17.3 Å². The molecule has 8 heteroatoms. The Labute approximate surface area is 221 Å². The van der Waals surface area contributed by atoms with Gasteiger partial charge in [-0.15, -0.1) is 0 Å². The summed E-state index contributed by atoms with van der Waals surface area (Å²) in [6, 6.07) is 25.0. The Hall–Kier alpha value is -4.43. The Bertz CT molecular complexity index is 1560. The number of fused-ring (bicyclic) bond motifs is 1. The lowest BCUT2D eigenvalue weighted by Gasteiger charge is -2.26. The van der Waals surface area contributed by atoms with E-state index in [1.54, 1.807) is 42.5 Å². The number of amides is 4. The number of urea groups is 1. The highest BCUT2D eigenvalue weighted by Gasteiger charge is 2.36. The fourth-order valence-corrected chi connectivity index (χ4v) is 4.60. The number of rotatable bonds is 6. The molecule has 1 heterocycles. The molecular weight excluding hydrogens is 536 g/mol. The van der Waals surface area contributed by atoms with E-state index in [1.807, 2.05) is 24.3 Å². The molecule has 7 nitrogen and oxygen atoms in total. The molecule has 0 aromatic heterocycles. The molecule has 184 valence electrons. The van der Waals surface area contributed by atoms with Crippen molar-refractivity contribution < 1.29 is 23.9 Å². The highest BCUT2D eigenvalue weighted by Crippen LogP contribution is 2.30. The van der Waals surface area contributed by atoms with Crippen molar-refractivity contribution in [2.75, 3.05) is 12.0 Å². The van der Waals surface area contributed by atoms with Gasteiger partial charge in [0.15, 0.2) is 0 Å². The summed E-state index contributed by atoms with van der Waals surface area (Å²) in [4.78, 5) is 39.0. The van der Waals surface area contributed by atoms with Crippen molar-refractivity contribution in [1.29, 1.82) is 0 Å². The van der Waals surface area contributed by atoms with Crippen LogP contribution in [0.15, 0.2) is 95.0 Å². The minimum atomic E-state index is -0.810. The number of hydrogen-bond acceptors (Lipinski definition) is 5. The molecule has 1 saturated heterocycles. The summed E-state index contributed by atoms with van der Waals surface area (Å²) in [5, 5.41) is 4.49. The molecule has 0 radical (unpaired) electrons. The highest BCUT2D eigenvalue weighted by molar-refractivity contribution is 9.10. The van der Waals surface area contributed by atoms with E-state index in [4.69, 9.17) is 9.47 Å². The molecule has 0 saturated carbocycles. The molecule has 0 spiro atoms. The van der Waals surface area contributed by atoms with Gasteiger partial charge in [0.2, 0.25) is 0 Å². The van der Waals surface area contributed by atoms with Crippen molar-refractivity contribution in [3.8, 4) is 11.5 Å². The first-order valence-corrected chi connectivity index (χ1v) is 12.2. The Balaban J connectivity index is 1.37. The van der Waals surface area contributed by atoms with E-state index < -0.39 is 17.8 Å². The number of methoxy groups -OCH3 is 1. The van der Waals surface area contributed by atoms with Crippen LogP contribution in [0.5, 0.6) is 11.5 Å². The standard InChI is InChI=1S/C29H21BrN2O5/c1-36-22-12-10-21(11-13-22)32-28(34)24(27(33)31-29(32)35)15-18-9-14-26(25(30)16-18)37-17-20-7-4-6-19-5-2-3-8-23(19)20/h2-16H,17H2,1H3,(H,31,33,35)/b24-15+. The van der Waals surface area contributed by atoms with E-state index >= 15 is 0 Å². The summed E-state index contributed by atoms with van der Waals surface area (Å²) in [5.41, 5.74) is 1.81. The van der Waals surface area contributed by atoms with Gasteiger partial charge >= 0.3 is 6.03 Å². The number of barbiturate groups is 1. The van der Waals surface area contributed by atoms with Gasteiger partial charge in [-0.2, -0.15) is 0 Å². The third-order valence-corrected chi connectivity index (χ3v) is 6.58. The molecule has 0 atom stereocenters. The maximum Gasteiger partial charge on any atom is 0.335 e. The van der Waals surface area contributed by atoms with Crippen LogP contribution in [0.1, 0.15) is 11.1 Å². The van der Waals surface area contributed by atoms with Crippen LogP contribution in [0.2, 0.25) is 0 Å². The second-order valence-corrected chi connectivity index (χ2v) is 9.13. The Morgan fingerprint density at radius 1 is 0.919 bits per heavy atom. The fourth-order valence-electron chi connectivity index (χ4n) is 4.09. The zero-order valence-corrected chi connectivity index (χ0v) is 21.3. The molecule has 1 N–H and O–H groups in total.